The van der Waals surface area contributed by atoms with Crippen molar-refractivity contribution in [2.75, 3.05) is 21.3 Å². The first-order valence-corrected chi connectivity index (χ1v) is 13.3. The number of aromatic nitrogens is 2. The number of ether oxygens (including phenoxy) is 3. The Balaban J connectivity index is 0.000000222. The van der Waals surface area contributed by atoms with Gasteiger partial charge in [0.15, 0.2) is 34.6 Å². The average molecular weight is 581 g/mol. The summed E-state index contributed by atoms with van der Waals surface area (Å²) in [5.41, 5.74) is 4.54. The first kappa shape index (κ1) is 30.4. The normalized spacial score (nSPS) is 11.1. The number of hydrogen-bond donors (Lipinski definition) is 3. The van der Waals surface area contributed by atoms with E-state index < -0.39 is 0 Å². The number of phenols is 2. The number of aromatic hydroxyl groups is 2. The molecule has 0 bridgehead atoms. The van der Waals surface area contributed by atoms with E-state index in [9.17, 15) is 19.8 Å². The number of ketones is 2. The number of pyridine rings is 1. The summed E-state index contributed by atoms with van der Waals surface area (Å²) in [5.74, 6) is 0.782. The molecule has 3 N–H and O–H groups in total. The molecule has 3 aromatic carbocycles. The highest BCUT2D eigenvalue weighted by molar-refractivity contribution is 6.11. The molecular formula is C34H32N2O7. The molecule has 5 rings (SSSR count). The van der Waals surface area contributed by atoms with Crippen molar-refractivity contribution in [2.45, 2.75) is 13.3 Å². The summed E-state index contributed by atoms with van der Waals surface area (Å²) in [7, 11) is 4.54. The summed E-state index contributed by atoms with van der Waals surface area (Å²) in [6.45, 7) is 2.01. The van der Waals surface area contributed by atoms with Gasteiger partial charge >= 0.3 is 0 Å². The minimum Gasteiger partial charge on any atom is -0.504 e. The molecule has 5 aromatic rings. The highest BCUT2D eigenvalue weighted by atomic mass is 16.5. The van der Waals surface area contributed by atoms with Crippen LogP contribution in [-0.4, -0.2) is 53.1 Å². The molecule has 0 unspecified atom stereocenters. The maximum absolute atomic E-state index is 11.9. The van der Waals surface area contributed by atoms with Crippen molar-refractivity contribution in [2.24, 2.45) is 0 Å². The van der Waals surface area contributed by atoms with Crippen molar-refractivity contribution in [1.29, 1.82) is 0 Å². The van der Waals surface area contributed by atoms with Gasteiger partial charge in [0.05, 0.1) is 44.5 Å². The van der Waals surface area contributed by atoms with Crippen molar-refractivity contribution in [3.05, 3.63) is 95.8 Å². The Morgan fingerprint density at radius 1 is 0.767 bits per heavy atom. The first-order chi connectivity index (χ1) is 20.7. The molecule has 0 aliphatic rings. The smallest absolute Gasteiger partial charge is 0.163 e. The molecule has 0 radical (unpaired) electrons. The van der Waals surface area contributed by atoms with Gasteiger partial charge in [0.1, 0.15) is 5.75 Å². The molecule has 9 heteroatoms. The van der Waals surface area contributed by atoms with E-state index in [4.69, 9.17) is 14.2 Å². The first-order valence-electron chi connectivity index (χ1n) is 13.3. The lowest BCUT2D eigenvalue weighted by Gasteiger charge is -2.03. The molecule has 0 saturated carbocycles. The number of rotatable bonds is 9. The Morgan fingerprint density at radius 3 is 1.88 bits per heavy atom. The quantitative estimate of drug-likeness (QED) is 0.135. The minimum absolute atomic E-state index is 0.00662. The molecule has 0 atom stereocenters. The zero-order valence-electron chi connectivity index (χ0n) is 24.3. The van der Waals surface area contributed by atoms with Crippen molar-refractivity contribution in [3.63, 3.8) is 0 Å². The topological polar surface area (TPSA) is 131 Å². The molecule has 0 amide bonds. The molecule has 43 heavy (non-hydrogen) atoms. The van der Waals surface area contributed by atoms with E-state index in [2.05, 4.69) is 16.0 Å². The number of allylic oxidation sites excluding steroid dienone is 2. The Hall–Kier alpha value is -5.57. The molecule has 2 aromatic heterocycles. The van der Waals surface area contributed by atoms with Gasteiger partial charge in [-0.05, 0) is 72.7 Å². The predicted octanol–water partition coefficient (Wildman–Crippen LogP) is 6.40. The third-order valence-electron chi connectivity index (χ3n) is 6.60. The number of methoxy groups -OCH3 is 3. The highest BCUT2D eigenvalue weighted by Gasteiger charge is 2.08. The maximum atomic E-state index is 11.9. The molecular weight excluding hydrogens is 548 g/mol. The van der Waals surface area contributed by atoms with Gasteiger partial charge in [-0.1, -0.05) is 24.3 Å². The van der Waals surface area contributed by atoms with Gasteiger partial charge in [-0.2, -0.15) is 0 Å². The fourth-order valence-corrected chi connectivity index (χ4v) is 4.34. The molecule has 0 saturated heterocycles. The molecule has 0 spiro atoms. The summed E-state index contributed by atoms with van der Waals surface area (Å²) in [4.78, 5) is 31.5. The van der Waals surface area contributed by atoms with Crippen LogP contribution in [0.25, 0.3) is 34.0 Å². The minimum atomic E-state index is -0.347. The maximum Gasteiger partial charge on any atom is 0.163 e. The Morgan fingerprint density at radius 2 is 1.35 bits per heavy atom. The number of benzene rings is 3. The lowest BCUT2D eigenvalue weighted by molar-refractivity contribution is -0.121. The standard InChI is InChI=1S/C21H20O6.C13H12N2O/c1-26-20-11-14(5-9-18(20)24)3-7-16(22)13-17(23)8-4-15-6-10-19(25)21(12-15)27-2;1-8-13-11(5-6-14-8)10-4-3-9(16-2)7-12(10)15-13/h3-12,24-25H,13H2,1-2H3;3-7,15H,1-2H3/b7-3+,8-4+;. The van der Waals surface area contributed by atoms with E-state index in [1.54, 1.807) is 43.5 Å². The predicted molar refractivity (Wildman–Crippen MR) is 167 cm³/mol. The zero-order chi connectivity index (χ0) is 30.9. The lowest BCUT2D eigenvalue weighted by atomic mass is 10.1. The number of hydrogen-bond acceptors (Lipinski definition) is 8. The number of carbonyl (C=O) groups is 2. The van der Waals surface area contributed by atoms with Crippen LogP contribution < -0.4 is 14.2 Å². The second-order valence-electron chi connectivity index (χ2n) is 9.49. The summed E-state index contributed by atoms with van der Waals surface area (Å²) < 4.78 is 15.2. The van der Waals surface area contributed by atoms with Crippen LogP contribution >= 0.6 is 0 Å². The average Bonchev–Trinajstić information content (AvgIpc) is 3.39. The third kappa shape index (κ3) is 7.59. The van der Waals surface area contributed by atoms with Crippen LogP contribution in [0.3, 0.4) is 0 Å². The van der Waals surface area contributed by atoms with Crippen molar-refractivity contribution >= 4 is 45.5 Å². The lowest BCUT2D eigenvalue weighted by Crippen LogP contribution is -2.01. The summed E-state index contributed by atoms with van der Waals surface area (Å²) in [6.07, 6.45) is 7.28. The number of nitrogens with one attached hydrogen (secondary N) is 1. The highest BCUT2D eigenvalue weighted by Crippen LogP contribution is 2.29. The van der Waals surface area contributed by atoms with Crippen molar-refractivity contribution in [1.82, 2.24) is 9.97 Å². The van der Waals surface area contributed by atoms with Crippen molar-refractivity contribution < 1.29 is 34.0 Å². The second-order valence-corrected chi connectivity index (χ2v) is 9.49. The van der Waals surface area contributed by atoms with E-state index >= 15 is 0 Å². The van der Waals surface area contributed by atoms with Gasteiger partial charge in [-0.25, -0.2) is 0 Å². The molecule has 0 aliphatic carbocycles. The summed E-state index contributed by atoms with van der Waals surface area (Å²) in [5, 5.41) is 21.5. The SMILES string of the molecule is COc1cc(/C=C/C(=O)CC(=O)/C=C/c2ccc(O)c(OC)c2)ccc1O.COc1ccc2c(c1)[nH]c1c(C)nccc12. The van der Waals surface area contributed by atoms with Gasteiger partial charge in [0.2, 0.25) is 0 Å². The van der Waals surface area contributed by atoms with Crippen LogP contribution in [-0.2, 0) is 9.59 Å². The van der Waals surface area contributed by atoms with E-state index in [0.29, 0.717) is 22.6 Å². The number of aryl methyl sites for hydroxylation is 1. The number of phenolic OH excluding ortho intramolecular Hbond substituents is 2. The molecule has 0 aliphatic heterocycles. The Labute approximate surface area is 248 Å². The molecule has 0 fully saturated rings. The van der Waals surface area contributed by atoms with E-state index in [1.165, 1.54) is 49.3 Å². The van der Waals surface area contributed by atoms with Crippen LogP contribution in [0, 0.1) is 6.92 Å². The fraction of sp³-hybridized carbons (Fsp3) is 0.147. The zero-order valence-corrected chi connectivity index (χ0v) is 24.3. The van der Waals surface area contributed by atoms with E-state index in [1.807, 2.05) is 31.3 Å². The second kappa shape index (κ2) is 13.9. The number of H-pyrrole nitrogens is 1. The van der Waals surface area contributed by atoms with Gasteiger partial charge in [0, 0.05) is 23.0 Å². The summed E-state index contributed by atoms with van der Waals surface area (Å²) in [6, 6.07) is 17.4. The number of nitrogens with zero attached hydrogens (tertiary/aromatic N) is 1. The number of fused-ring (bicyclic) bond motifs is 3. The summed E-state index contributed by atoms with van der Waals surface area (Å²) >= 11 is 0. The molecule has 9 nitrogen and oxygen atoms in total. The van der Waals surface area contributed by atoms with Crippen LogP contribution in [0.4, 0.5) is 0 Å². The van der Waals surface area contributed by atoms with E-state index in [0.717, 1.165) is 22.5 Å². The molecule has 2 heterocycles. The third-order valence-corrected chi connectivity index (χ3v) is 6.60. The monoisotopic (exact) mass is 580 g/mol. The fourth-order valence-electron chi connectivity index (χ4n) is 4.34. The largest absolute Gasteiger partial charge is 0.504 e. The Bertz CT molecular complexity index is 1760. The van der Waals surface area contributed by atoms with Crippen LogP contribution in [0.1, 0.15) is 23.2 Å². The van der Waals surface area contributed by atoms with Gasteiger partial charge in [0.25, 0.3) is 0 Å². The van der Waals surface area contributed by atoms with Crippen LogP contribution in [0.5, 0.6) is 28.7 Å². The van der Waals surface area contributed by atoms with E-state index in [-0.39, 0.29) is 29.5 Å². The van der Waals surface area contributed by atoms with Gasteiger partial charge in [-0.3, -0.25) is 14.6 Å². The van der Waals surface area contributed by atoms with Gasteiger partial charge in [-0.15, -0.1) is 0 Å². The van der Waals surface area contributed by atoms with Gasteiger partial charge < -0.3 is 29.4 Å². The van der Waals surface area contributed by atoms with Crippen LogP contribution in [0.2, 0.25) is 0 Å². The van der Waals surface area contributed by atoms with Crippen molar-refractivity contribution in [3.8, 4) is 28.7 Å². The number of aromatic amines is 1. The molecule has 220 valence electrons. The number of carbonyl (C=O) groups excluding carboxylic acids is 2. The Kier molecular flexibility index (Phi) is 9.80. The van der Waals surface area contributed by atoms with Crippen LogP contribution in [0.15, 0.2) is 79.0 Å².